The highest BCUT2D eigenvalue weighted by atomic mass is 16.5. The quantitative estimate of drug-likeness (QED) is 0.796. The topological polar surface area (TPSA) is 72.5 Å². The van der Waals surface area contributed by atoms with E-state index in [1.54, 1.807) is 7.11 Å². The van der Waals surface area contributed by atoms with Gasteiger partial charge in [0.2, 0.25) is 0 Å². The lowest BCUT2D eigenvalue weighted by Crippen LogP contribution is -2.11. The minimum absolute atomic E-state index is 0.112. The molecule has 0 aliphatic rings. The van der Waals surface area contributed by atoms with E-state index in [4.69, 9.17) is 15.6 Å². The molecular formula is C13H19NO3. The van der Waals surface area contributed by atoms with Gasteiger partial charge in [-0.25, -0.2) is 0 Å². The number of benzene rings is 1. The van der Waals surface area contributed by atoms with Gasteiger partial charge >= 0.3 is 5.97 Å². The Morgan fingerprint density at radius 3 is 2.76 bits per heavy atom. The Hall–Kier alpha value is -1.55. The molecule has 1 rings (SSSR count). The van der Waals surface area contributed by atoms with Gasteiger partial charge in [-0.05, 0) is 37.0 Å². The van der Waals surface area contributed by atoms with Crippen molar-refractivity contribution in [2.24, 2.45) is 5.73 Å². The molecule has 0 aromatic heterocycles. The molecule has 0 heterocycles. The Bertz CT molecular complexity index is 390. The summed E-state index contributed by atoms with van der Waals surface area (Å²) < 4.78 is 5.17. The molecule has 4 heteroatoms. The highest BCUT2D eigenvalue weighted by molar-refractivity contribution is 5.66. The van der Waals surface area contributed by atoms with Crippen LogP contribution < -0.4 is 10.5 Å². The van der Waals surface area contributed by atoms with E-state index in [-0.39, 0.29) is 12.5 Å². The van der Waals surface area contributed by atoms with Crippen molar-refractivity contribution in [2.45, 2.75) is 32.2 Å². The van der Waals surface area contributed by atoms with Crippen LogP contribution in [0.1, 0.15) is 36.4 Å². The first-order valence-electron chi connectivity index (χ1n) is 5.66. The summed E-state index contributed by atoms with van der Waals surface area (Å²) in [5.41, 5.74) is 8.07. The van der Waals surface area contributed by atoms with Crippen LogP contribution in [0.3, 0.4) is 0 Å². The summed E-state index contributed by atoms with van der Waals surface area (Å²) in [4.78, 5) is 10.4. The Labute approximate surface area is 101 Å². The van der Waals surface area contributed by atoms with Crippen LogP contribution in [-0.4, -0.2) is 18.2 Å². The van der Waals surface area contributed by atoms with Crippen molar-refractivity contribution in [3.05, 3.63) is 29.3 Å². The van der Waals surface area contributed by atoms with E-state index in [0.29, 0.717) is 12.8 Å². The second-order valence-electron chi connectivity index (χ2n) is 4.12. The molecule has 0 amide bonds. The molecule has 1 aromatic rings. The minimum Gasteiger partial charge on any atom is -0.496 e. The normalized spacial score (nSPS) is 12.2. The summed E-state index contributed by atoms with van der Waals surface area (Å²) in [7, 11) is 1.63. The van der Waals surface area contributed by atoms with Crippen molar-refractivity contribution in [3.63, 3.8) is 0 Å². The van der Waals surface area contributed by atoms with E-state index < -0.39 is 5.97 Å². The van der Waals surface area contributed by atoms with Crippen molar-refractivity contribution in [1.82, 2.24) is 0 Å². The maximum Gasteiger partial charge on any atom is 0.303 e. The van der Waals surface area contributed by atoms with Crippen LogP contribution in [0.4, 0.5) is 0 Å². The lowest BCUT2D eigenvalue weighted by molar-refractivity contribution is -0.137. The minimum atomic E-state index is -0.775. The van der Waals surface area contributed by atoms with E-state index >= 15 is 0 Å². The Morgan fingerprint density at radius 1 is 1.53 bits per heavy atom. The maximum atomic E-state index is 10.4. The second kappa shape index (κ2) is 6.25. The molecule has 17 heavy (non-hydrogen) atoms. The van der Waals surface area contributed by atoms with Gasteiger partial charge in [0.1, 0.15) is 5.75 Å². The van der Waals surface area contributed by atoms with Gasteiger partial charge < -0.3 is 15.6 Å². The van der Waals surface area contributed by atoms with Crippen LogP contribution in [0.25, 0.3) is 0 Å². The Balaban J connectivity index is 2.59. The SMILES string of the molecule is COc1ccc(C(N)CCCC(=O)O)cc1C. The molecule has 0 radical (unpaired) electrons. The van der Waals surface area contributed by atoms with E-state index in [2.05, 4.69) is 0 Å². The molecule has 1 aromatic carbocycles. The predicted octanol–water partition coefficient (Wildman–Crippen LogP) is 2.26. The third-order valence-corrected chi connectivity index (χ3v) is 2.75. The monoisotopic (exact) mass is 237 g/mol. The first-order valence-corrected chi connectivity index (χ1v) is 5.66. The molecule has 4 nitrogen and oxygen atoms in total. The van der Waals surface area contributed by atoms with E-state index in [1.807, 2.05) is 25.1 Å². The van der Waals surface area contributed by atoms with Crippen LogP contribution in [0, 0.1) is 6.92 Å². The lowest BCUT2D eigenvalue weighted by Gasteiger charge is -2.13. The van der Waals surface area contributed by atoms with Gasteiger partial charge in [0.15, 0.2) is 0 Å². The smallest absolute Gasteiger partial charge is 0.303 e. The summed E-state index contributed by atoms with van der Waals surface area (Å²) in [6.45, 7) is 1.96. The number of methoxy groups -OCH3 is 1. The number of carboxylic acid groups (broad SMARTS) is 1. The van der Waals surface area contributed by atoms with Crippen LogP contribution in [0.2, 0.25) is 0 Å². The van der Waals surface area contributed by atoms with Crippen molar-refractivity contribution >= 4 is 5.97 Å². The fraction of sp³-hybridized carbons (Fsp3) is 0.462. The van der Waals surface area contributed by atoms with Gasteiger partial charge in [-0.15, -0.1) is 0 Å². The van der Waals surface area contributed by atoms with E-state index in [0.717, 1.165) is 16.9 Å². The largest absolute Gasteiger partial charge is 0.496 e. The molecule has 0 saturated carbocycles. The zero-order valence-corrected chi connectivity index (χ0v) is 10.3. The molecule has 0 fully saturated rings. The fourth-order valence-corrected chi connectivity index (χ4v) is 1.77. The van der Waals surface area contributed by atoms with Gasteiger partial charge in [-0.3, -0.25) is 4.79 Å². The van der Waals surface area contributed by atoms with Crippen molar-refractivity contribution < 1.29 is 14.6 Å². The molecule has 0 spiro atoms. The van der Waals surface area contributed by atoms with Crippen molar-refractivity contribution in [3.8, 4) is 5.75 Å². The zero-order chi connectivity index (χ0) is 12.8. The van der Waals surface area contributed by atoms with Gasteiger partial charge in [-0.1, -0.05) is 12.1 Å². The second-order valence-corrected chi connectivity index (χ2v) is 4.12. The summed E-state index contributed by atoms with van der Waals surface area (Å²) in [6, 6.07) is 5.70. The molecular weight excluding hydrogens is 218 g/mol. The number of rotatable bonds is 6. The van der Waals surface area contributed by atoms with Crippen LogP contribution in [-0.2, 0) is 4.79 Å². The molecule has 1 unspecified atom stereocenters. The average molecular weight is 237 g/mol. The summed E-state index contributed by atoms with van der Waals surface area (Å²) >= 11 is 0. The summed E-state index contributed by atoms with van der Waals surface area (Å²) in [6.07, 6.45) is 1.45. The lowest BCUT2D eigenvalue weighted by atomic mass is 10.00. The van der Waals surface area contributed by atoms with Gasteiger partial charge in [-0.2, -0.15) is 0 Å². The highest BCUT2D eigenvalue weighted by Gasteiger charge is 2.09. The number of carboxylic acids is 1. The third kappa shape index (κ3) is 4.07. The highest BCUT2D eigenvalue weighted by Crippen LogP contribution is 2.23. The van der Waals surface area contributed by atoms with Crippen LogP contribution in [0.5, 0.6) is 5.75 Å². The van der Waals surface area contributed by atoms with Gasteiger partial charge in [0.25, 0.3) is 0 Å². The standard InChI is InChI=1S/C13H19NO3/c1-9-8-10(6-7-12(9)17-2)11(14)4-3-5-13(15)16/h6-8,11H,3-5,14H2,1-2H3,(H,15,16). The molecule has 1 atom stereocenters. The molecule has 0 bridgehead atoms. The number of hydrogen-bond donors (Lipinski definition) is 2. The number of nitrogens with two attached hydrogens (primary N) is 1. The Morgan fingerprint density at radius 2 is 2.24 bits per heavy atom. The van der Waals surface area contributed by atoms with E-state index in [9.17, 15) is 4.79 Å². The first-order chi connectivity index (χ1) is 8.04. The van der Waals surface area contributed by atoms with Crippen molar-refractivity contribution in [2.75, 3.05) is 7.11 Å². The molecule has 0 aliphatic carbocycles. The van der Waals surface area contributed by atoms with E-state index in [1.165, 1.54) is 0 Å². The Kier molecular flexibility index (Phi) is 4.97. The van der Waals surface area contributed by atoms with Gasteiger partial charge in [0, 0.05) is 12.5 Å². The first kappa shape index (κ1) is 13.5. The third-order valence-electron chi connectivity index (χ3n) is 2.75. The predicted molar refractivity (Wildman–Crippen MR) is 66.1 cm³/mol. The number of aliphatic carboxylic acids is 1. The maximum absolute atomic E-state index is 10.4. The summed E-state index contributed by atoms with van der Waals surface area (Å²) in [5, 5.41) is 8.55. The number of ether oxygens (including phenoxy) is 1. The van der Waals surface area contributed by atoms with Gasteiger partial charge in [0.05, 0.1) is 7.11 Å². The summed E-state index contributed by atoms with van der Waals surface area (Å²) in [5.74, 6) is 0.0644. The zero-order valence-electron chi connectivity index (χ0n) is 10.3. The van der Waals surface area contributed by atoms with Crippen molar-refractivity contribution in [1.29, 1.82) is 0 Å². The van der Waals surface area contributed by atoms with Crippen LogP contribution in [0.15, 0.2) is 18.2 Å². The van der Waals surface area contributed by atoms with Crippen LogP contribution >= 0.6 is 0 Å². The number of carbonyl (C=O) groups is 1. The fourth-order valence-electron chi connectivity index (χ4n) is 1.77. The molecule has 0 saturated heterocycles. The molecule has 94 valence electrons. The average Bonchev–Trinajstić information content (AvgIpc) is 2.28. The number of hydrogen-bond acceptors (Lipinski definition) is 3. The number of aryl methyl sites for hydroxylation is 1. The molecule has 0 aliphatic heterocycles. The molecule has 3 N–H and O–H groups in total.